The molecule has 0 aliphatic carbocycles. The minimum Gasteiger partial charge on any atom is -0.496 e. The van der Waals surface area contributed by atoms with Crippen LogP contribution in [0.5, 0.6) is 5.75 Å². The molecular weight excluding hydrogens is 496 g/mol. The predicted octanol–water partition coefficient (Wildman–Crippen LogP) is 4.88. The number of rotatable bonds is 5. The van der Waals surface area contributed by atoms with Crippen LogP contribution >= 0.6 is 0 Å². The number of methoxy groups -OCH3 is 1. The van der Waals surface area contributed by atoms with Crippen LogP contribution < -0.4 is 25.8 Å². The fraction of sp³-hybridized carbons (Fsp3) is 0.323. The molecule has 200 valence electrons. The number of allylic oxidation sites excluding steroid dienone is 1. The molecule has 2 aliphatic heterocycles. The Hall–Kier alpha value is -4.33. The Balaban J connectivity index is 1.41. The number of carbonyl (C=O) groups is 1. The first-order valence-corrected chi connectivity index (χ1v) is 13.2. The van der Waals surface area contributed by atoms with Crippen molar-refractivity contribution < 1.29 is 18.4 Å². The third kappa shape index (κ3) is 4.11. The standard InChI is InChI=1S/C31H30N2O6/c1-17-20(30(35)39-29-21-8-6-12-33-11-5-7-18(28(21)33)13-22(17)29)9-10-25(34)23-16-24-26(37-4)14-19(32(2)3)15-27(24)38-31(23)36/h9-10,13-16H,5-8,11-12H2,1-4H3/b10-9+. The predicted molar refractivity (Wildman–Crippen MR) is 153 cm³/mol. The summed E-state index contributed by atoms with van der Waals surface area (Å²) in [5, 5.41) is 1.40. The molecule has 0 unspecified atom stereocenters. The van der Waals surface area contributed by atoms with Crippen molar-refractivity contribution in [1.29, 1.82) is 0 Å². The molecule has 39 heavy (non-hydrogen) atoms. The van der Waals surface area contributed by atoms with E-state index in [9.17, 15) is 14.4 Å². The van der Waals surface area contributed by atoms with E-state index in [1.165, 1.54) is 36.6 Å². The van der Waals surface area contributed by atoms with Gasteiger partial charge in [0.15, 0.2) is 5.78 Å². The summed E-state index contributed by atoms with van der Waals surface area (Å²) in [6.07, 6.45) is 6.67. The molecule has 2 aromatic carbocycles. The Labute approximate surface area is 225 Å². The number of benzene rings is 2. The van der Waals surface area contributed by atoms with Gasteiger partial charge in [0, 0.05) is 61.6 Å². The van der Waals surface area contributed by atoms with Crippen molar-refractivity contribution in [3.8, 4) is 5.75 Å². The number of ketones is 1. The van der Waals surface area contributed by atoms with Crippen molar-refractivity contribution in [2.24, 2.45) is 0 Å². The Bertz CT molecular complexity index is 1810. The maximum atomic E-state index is 13.1. The summed E-state index contributed by atoms with van der Waals surface area (Å²) in [6, 6.07) is 7.14. The first-order chi connectivity index (χ1) is 18.8. The first-order valence-electron chi connectivity index (χ1n) is 13.2. The van der Waals surface area contributed by atoms with Gasteiger partial charge in [0.05, 0.1) is 18.1 Å². The van der Waals surface area contributed by atoms with Crippen molar-refractivity contribution in [2.45, 2.75) is 32.6 Å². The normalized spacial score (nSPS) is 14.7. The summed E-state index contributed by atoms with van der Waals surface area (Å²) in [5.41, 5.74) is 5.04. The summed E-state index contributed by atoms with van der Waals surface area (Å²) in [6.45, 7) is 3.94. The Morgan fingerprint density at radius 1 is 1.00 bits per heavy atom. The second-order valence-electron chi connectivity index (χ2n) is 10.5. The molecule has 0 saturated carbocycles. The maximum Gasteiger partial charge on any atom is 0.347 e. The quantitative estimate of drug-likeness (QED) is 0.206. The minimum absolute atomic E-state index is 0.143. The zero-order chi connectivity index (χ0) is 27.4. The second-order valence-corrected chi connectivity index (χ2v) is 10.5. The van der Waals surface area contributed by atoms with E-state index >= 15 is 0 Å². The molecule has 4 heterocycles. The summed E-state index contributed by atoms with van der Waals surface area (Å²) in [7, 11) is 5.25. The summed E-state index contributed by atoms with van der Waals surface area (Å²) in [5.74, 6) is -0.0886. The molecule has 0 N–H and O–H groups in total. The Morgan fingerprint density at radius 2 is 1.77 bits per heavy atom. The van der Waals surface area contributed by atoms with E-state index in [1.807, 2.05) is 25.9 Å². The number of carbonyl (C=O) groups excluding carboxylic acids is 1. The highest BCUT2D eigenvalue weighted by atomic mass is 16.5. The average molecular weight is 527 g/mol. The van der Waals surface area contributed by atoms with E-state index < -0.39 is 17.0 Å². The van der Waals surface area contributed by atoms with E-state index in [-0.39, 0.29) is 5.56 Å². The third-order valence-corrected chi connectivity index (χ3v) is 7.90. The van der Waals surface area contributed by atoms with Gasteiger partial charge in [0.1, 0.15) is 22.5 Å². The van der Waals surface area contributed by atoms with Gasteiger partial charge in [0.2, 0.25) is 0 Å². The van der Waals surface area contributed by atoms with E-state index in [0.717, 1.165) is 61.0 Å². The van der Waals surface area contributed by atoms with Gasteiger partial charge in [-0.25, -0.2) is 9.59 Å². The van der Waals surface area contributed by atoms with Crippen LogP contribution in [-0.2, 0) is 12.8 Å². The lowest BCUT2D eigenvalue weighted by Crippen LogP contribution is -2.34. The van der Waals surface area contributed by atoms with Gasteiger partial charge in [-0.15, -0.1) is 0 Å². The third-order valence-electron chi connectivity index (χ3n) is 7.90. The molecule has 0 saturated heterocycles. The Kier molecular flexibility index (Phi) is 6.05. The molecule has 2 aliphatic rings. The second kappa shape index (κ2) is 9.45. The molecule has 0 spiro atoms. The van der Waals surface area contributed by atoms with Gasteiger partial charge in [-0.2, -0.15) is 0 Å². The molecule has 8 nitrogen and oxygen atoms in total. The fourth-order valence-electron chi connectivity index (χ4n) is 5.88. The largest absolute Gasteiger partial charge is 0.496 e. The number of aryl methyl sites for hydroxylation is 3. The molecule has 6 rings (SSSR count). The van der Waals surface area contributed by atoms with Crippen LogP contribution in [0.15, 0.2) is 48.8 Å². The number of fused-ring (bicyclic) bond motifs is 3. The number of nitrogens with zero attached hydrogens (tertiary/aromatic N) is 2. The number of hydrogen-bond acceptors (Lipinski definition) is 8. The van der Waals surface area contributed by atoms with Gasteiger partial charge in [-0.05, 0) is 68.0 Å². The maximum absolute atomic E-state index is 13.1. The molecule has 2 aromatic heterocycles. The molecule has 0 atom stereocenters. The molecule has 4 aromatic rings. The van der Waals surface area contributed by atoms with Crippen LogP contribution in [0.2, 0.25) is 0 Å². The smallest absolute Gasteiger partial charge is 0.347 e. The van der Waals surface area contributed by atoms with Gasteiger partial charge >= 0.3 is 11.3 Å². The molecule has 0 radical (unpaired) electrons. The van der Waals surface area contributed by atoms with Crippen LogP contribution in [0.1, 0.15) is 45.5 Å². The van der Waals surface area contributed by atoms with Crippen LogP contribution in [0.4, 0.5) is 11.4 Å². The minimum atomic E-state index is -0.757. The first kappa shape index (κ1) is 25.0. The van der Waals surface area contributed by atoms with Gasteiger partial charge < -0.3 is 23.4 Å². The Morgan fingerprint density at radius 3 is 2.51 bits per heavy atom. The molecule has 8 heteroatoms. The molecule has 0 amide bonds. The highest BCUT2D eigenvalue weighted by molar-refractivity contribution is 6.08. The lowest BCUT2D eigenvalue weighted by Gasteiger charge is -2.37. The molecule has 0 fully saturated rings. The number of ether oxygens (including phenoxy) is 1. The van der Waals surface area contributed by atoms with E-state index in [2.05, 4.69) is 11.0 Å². The summed E-state index contributed by atoms with van der Waals surface area (Å²) >= 11 is 0. The monoisotopic (exact) mass is 526 g/mol. The van der Waals surface area contributed by atoms with E-state index in [4.69, 9.17) is 13.6 Å². The average Bonchev–Trinajstić information content (AvgIpc) is 2.92. The summed E-state index contributed by atoms with van der Waals surface area (Å²) < 4.78 is 16.9. The van der Waals surface area contributed by atoms with Gasteiger partial charge in [0.25, 0.3) is 0 Å². The van der Waals surface area contributed by atoms with Crippen LogP contribution in [-0.4, -0.2) is 40.1 Å². The topological polar surface area (TPSA) is 93.2 Å². The van der Waals surface area contributed by atoms with Gasteiger partial charge in [-0.3, -0.25) is 4.79 Å². The lowest BCUT2D eigenvalue weighted by atomic mass is 9.88. The van der Waals surface area contributed by atoms with Crippen molar-refractivity contribution >= 4 is 45.2 Å². The lowest BCUT2D eigenvalue weighted by molar-refractivity contribution is 0.104. The number of hydrogen-bond donors (Lipinski definition) is 0. The van der Waals surface area contributed by atoms with Crippen molar-refractivity contribution in [2.75, 3.05) is 44.1 Å². The number of anilines is 2. The van der Waals surface area contributed by atoms with Crippen molar-refractivity contribution in [3.63, 3.8) is 0 Å². The van der Waals surface area contributed by atoms with Gasteiger partial charge in [-0.1, -0.05) is 0 Å². The SMILES string of the molecule is COc1cc(N(C)C)cc2oc(=O)c(C(=O)/C=C/c3c(C)c4cc5c6c(c4oc3=O)CCCN6CCC5)cc12. The van der Waals surface area contributed by atoms with E-state index in [1.54, 1.807) is 12.1 Å². The van der Waals surface area contributed by atoms with Crippen LogP contribution in [0.25, 0.3) is 28.0 Å². The zero-order valence-electron chi connectivity index (χ0n) is 22.6. The highest BCUT2D eigenvalue weighted by Crippen LogP contribution is 2.40. The van der Waals surface area contributed by atoms with Crippen molar-refractivity contribution in [1.82, 2.24) is 0 Å². The van der Waals surface area contributed by atoms with Crippen LogP contribution in [0, 0.1) is 6.92 Å². The fourth-order valence-corrected chi connectivity index (χ4v) is 5.88. The van der Waals surface area contributed by atoms with Crippen LogP contribution in [0.3, 0.4) is 0 Å². The summed E-state index contributed by atoms with van der Waals surface area (Å²) in [4.78, 5) is 43.3. The van der Waals surface area contributed by atoms with Crippen molar-refractivity contribution in [3.05, 3.63) is 79.0 Å². The molecular formula is C31H30N2O6. The molecule has 0 bridgehead atoms. The van der Waals surface area contributed by atoms with E-state index in [0.29, 0.717) is 27.9 Å². The highest BCUT2D eigenvalue weighted by Gasteiger charge is 2.28. The zero-order valence-corrected chi connectivity index (χ0v) is 22.6.